The van der Waals surface area contributed by atoms with Crippen molar-refractivity contribution in [3.05, 3.63) is 64.7 Å². The molecule has 0 unspecified atom stereocenters. The monoisotopic (exact) mass is 288 g/mol. The highest BCUT2D eigenvalue weighted by Crippen LogP contribution is 2.12. The van der Waals surface area contributed by atoms with Gasteiger partial charge in [0, 0.05) is 31.0 Å². The van der Waals surface area contributed by atoms with Gasteiger partial charge in [0.15, 0.2) is 5.84 Å². The number of rotatable bonds is 5. The van der Waals surface area contributed by atoms with E-state index in [2.05, 4.69) is 15.5 Å². The second-order valence-corrected chi connectivity index (χ2v) is 4.69. The summed E-state index contributed by atoms with van der Waals surface area (Å²) in [5.41, 5.74) is 8.95. The molecule has 1 aromatic carbocycles. The van der Waals surface area contributed by atoms with E-state index in [-0.39, 0.29) is 5.84 Å². The van der Waals surface area contributed by atoms with E-state index >= 15 is 0 Å². The van der Waals surface area contributed by atoms with E-state index < -0.39 is 5.82 Å². The summed E-state index contributed by atoms with van der Waals surface area (Å²) < 4.78 is 13.3. The molecule has 0 spiro atoms. The number of oxime groups is 1. The third-order valence-corrected chi connectivity index (χ3v) is 3.22. The Morgan fingerprint density at radius 2 is 2.10 bits per heavy atom. The first-order valence-electron chi connectivity index (χ1n) is 6.48. The number of amidine groups is 1. The summed E-state index contributed by atoms with van der Waals surface area (Å²) in [6.45, 7) is 3.12. The number of aryl methyl sites for hydroxylation is 1. The Labute approximate surface area is 122 Å². The molecule has 0 saturated heterocycles. The highest BCUT2D eigenvalue weighted by Gasteiger charge is 2.08. The second-order valence-electron chi connectivity index (χ2n) is 4.69. The molecule has 110 valence electrons. The quantitative estimate of drug-likeness (QED) is 0.340. The number of hydrogen-bond acceptors (Lipinski definition) is 4. The first-order chi connectivity index (χ1) is 10.1. The van der Waals surface area contributed by atoms with Gasteiger partial charge in [0.05, 0.1) is 0 Å². The lowest BCUT2D eigenvalue weighted by Gasteiger charge is -2.11. The summed E-state index contributed by atoms with van der Waals surface area (Å²) in [4.78, 5) is 4.04. The molecule has 1 aromatic heterocycles. The summed E-state index contributed by atoms with van der Waals surface area (Å²) in [5, 5.41) is 14.9. The zero-order chi connectivity index (χ0) is 15.2. The molecule has 0 bridgehead atoms. The number of halogens is 1. The standard InChI is InChI=1S/C15H17FN4O/c1-10-7-18-5-4-11(10)8-19-9-12-2-3-13(16)6-14(12)15(17)20-21/h2-7,19,21H,8-9H2,1H3,(H2,17,20). The van der Waals surface area contributed by atoms with Gasteiger partial charge in [0.1, 0.15) is 5.82 Å². The Bertz CT molecular complexity index is 658. The number of nitrogens with two attached hydrogens (primary N) is 1. The lowest BCUT2D eigenvalue weighted by atomic mass is 10.1. The Morgan fingerprint density at radius 1 is 1.33 bits per heavy atom. The largest absolute Gasteiger partial charge is 0.409 e. The Morgan fingerprint density at radius 3 is 2.81 bits per heavy atom. The predicted octanol–water partition coefficient (Wildman–Crippen LogP) is 1.91. The molecule has 5 nitrogen and oxygen atoms in total. The van der Waals surface area contributed by atoms with Crippen LogP contribution in [-0.4, -0.2) is 16.0 Å². The van der Waals surface area contributed by atoms with Crippen molar-refractivity contribution in [2.24, 2.45) is 10.9 Å². The van der Waals surface area contributed by atoms with E-state index in [1.165, 1.54) is 12.1 Å². The van der Waals surface area contributed by atoms with Crippen LogP contribution in [0.3, 0.4) is 0 Å². The second kappa shape index (κ2) is 6.81. The van der Waals surface area contributed by atoms with Gasteiger partial charge < -0.3 is 16.3 Å². The molecule has 0 fully saturated rings. The summed E-state index contributed by atoms with van der Waals surface area (Å²) in [5.74, 6) is -0.531. The van der Waals surface area contributed by atoms with Crippen molar-refractivity contribution in [2.45, 2.75) is 20.0 Å². The van der Waals surface area contributed by atoms with Gasteiger partial charge >= 0.3 is 0 Å². The summed E-state index contributed by atoms with van der Waals surface area (Å²) in [7, 11) is 0. The summed E-state index contributed by atoms with van der Waals surface area (Å²) in [6.07, 6.45) is 3.54. The van der Waals surface area contributed by atoms with Crippen LogP contribution in [0.5, 0.6) is 0 Å². The summed E-state index contributed by atoms with van der Waals surface area (Å²) >= 11 is 0. The zero-order valence-corrected chi connectivity index (χ0v) is 11.7. The van der Waals surface area contributed by atoms with Gasteiger partial charge in [-0.2, -0.15) is 0 Å². The van der Waals surface area contributed by atoms with Gasteiger partial charge in [-0.15, -0.1) is 0 Å². The fourth-order valence-corrected chi connectivity index (χ4v) is 2.03. The average Bonchev–Trinajstić information content (AvgIpc) is 2.49. The van der Waals surface area contributed by atoms with Crippen molar-refractivity contribution in [2.75, 3.05) is 0 Å². The van der Waals surface area contributed by atoms with Crippen LogP contribution < -0.4 is 11.1 Å². The van der Waals surface area contributed by atoms with Crippen molar-refractivity contribution >= 4 is 5.84 Å². The predicted molar refractivity (Wildman–Crippen MR) is 78.4 cm³/mol. The molecule has 0 saturated carbocycles. The van der Waals surface area contributed by atoms with Crippen LogP contribution in [0.2, 0.25) is 0 Å². The van der Waals surface area contributed by atoms with Gasteiger partial charge in [-0.25, -0.2) is 4.39 Å². The number of hydrogen-bond donors (Lipinski definition) is 3. The van der Waals surface area contributed by atoms with Gasteiger partial charge in [0.2, 0.25) is 0 Å². The minimum Gasteiger partial charge on any atom is -0.409 e. The Hall–Kier alpha value is -2.47. The minimum atomic E-state index is -0.426. The van der Waals surface area contributed by atoms with Crippen molar-refractivity contribution in [1.29, 1.82) is 0 Å². The molecule has 21 heavy (non-hydrogen) atoms. The van der Waals surface area contributed by atoms with Gasteiger partial charge in [0.25, 0.3) is 0 Å². The zero-order valence-electron chi connectivity index (χ0n) is 11.7. The molecule has 0 aliphatic heterocycles. The molecule has 4 N–H and O–H groups in total. The van der Waals surface area contributed by atoms with Crippen LogP contribution in [-0.2, 0) is 13.1 Å². The third-order valence-electron chi connectivity index (χ3n) is 3.22. The molecular formula is C15H17FN4O. The normalized spacial score (nSPS) is 11.6. The van der Waals surface area contributed by atoms with Gasteiger partial charge in [-0.3, -0.25) is 4.98 Å². The Kier molecular flexibility index (Phi) is 4.84. The van der Waals surface area contributed by atoms with E-state index in [0.29, 0.717) is 18.7 Å². The van der Waals surface area contributed by atoms with Gasteiger partial charge in [-0.1, -0.05) is 11.2 Å². The molecule has 0 aliphatic carbocycles. The number of pyridine rings is 1. The lowest BCUT2D eigenvalue weighted by Crippen LogP contribution is -2.20. The third kappa shape index (κ3) is 3.76. The van der Waals surface area contributed by atoms with Crippen molar-refractivity contribution < 1.29 is 9.60 Å². The minimum absolute atomic E-state index is 0.105. The first kappa shape index (κ1) is 14.9. The first-order valence-corrected chi connectivity index (χ1v) is 6.48. The fraction of sp³-hybridized carbons (Fsp3) is 0.200. The summed E-state index contributed by atoms with van der Waals surface area (Å²) in [6, 6.07) is 6.17. The molecule has 0 aliphatic rings. The highest BCUT2D eigenvalue weighted by atomic mass is 19.1. The molecule has 2 rings (SSSR count). The average molecular weight is 288 g/mol. The maximum Gasteiger partial charge on any atom is 0.170 e. The van der Waals surface area contributed by atoms with E-state index in [9.17, 15) is 4.39 Å². The lowest BCUT2D eigenvalue weighted by molar-refractivity contribution is 0.318. The van der Waals surface area contributed by atoms with Crippen LogP contribution in [0.15, 0.2) is 41.8 Å². The molecular weight excluding hydrogens is 271 g/mol. The van der Waals surface area contributed by atoms with Crippen molar-refractivity contribution in [1.82, 2.24) is 10.3 Å². The van der Waals surface area contributed by atoms with E-state index in [4.69, 9.17) is 10.9 Å². The van der Waals surface area contributed by atoms with Gasteiger partial charge in [-0.05, 0) is 41.8 Å². The van der Waals surface area contributed by atoms with Crippen molar-refractivity contribution in [3.63, 3.8) is 0 Å². The molecule has 0 amide bonds. The maximum atomic E-state index is 13.3. The number of aromatic nitrogens is 1. The van der Waals surface area contributed by atoms with Crippen LogP contribution in [0, 0.1) is 12.7 Å². The van der Waals surface area contributed by atoms with Crippen LogP contribution in [0.4, 0.5) is 4.39 Å². The molecule has 0 atom stereocenters. The molecule has 0 radical (unpaired) electrons. The SMILES string of the molecule is Cc1cnccc1CNCc1ccc(F)cc1/C(N)=N/O. The van der Waals surface area contributed by atoms with Crippen LogP contribution in [0.1, 0.15) is 22.3 Å². The highest BCUT2D eigenvalue weighted by molar-refractivity contribution is 5.98. The van der Waals surface area contributed by atoms with E-state index in [1.807, 2.05) is 13.0 Å². The van der Waals surface area contributed by atoms with Crippen LogP contribution in [0.25, 0.3) is 0 Å². The molecule has 1 heterocycles. The van der Waals surface area contributed by atoms with Crippen molar-refractivity contribution in [3.8, 4) is 0 Å². The number of nitrogens with one attached hydrogen (secondary N) is 1. The smallest absolute Gasteiger partial charge is 0.170 e. The molecule has 6 heteroatoms. The topological polar surface area (TPSA) is 83.5 Å². The molecule has 2 aromatic rings. The van der Waals surface area contributed by atoms with E-state index in [1.54, 1.807) is 18.5 Å². The maximum absolute atomic E-state index is 13.3. The van der Waals surface area contributed by atoms with E-state index in [0.717, 1.165) is 16.7 Å². The fourth-order valence-electron chi connectivity index (χ4n) is 2.03. The van der Waals surface area contributed by atoms with Crippen LogP contribution >= 0.6 is 0 Å². The number of benzene rings is 1. The Balaban J connectivity index is 2.08. The number of nitrogens with zero attached hydrogens (tertiary/aromatic N) is 2.